The number of Topliss-reactive ketones (excluding diaryl/α,β-unsaturated/α-hetero) is 1. The molecular weight excluding hydrogens is 224 g/mol. The Bertz CT molecular complexity index is 602. The van der Waals surface area contributed by atoms with Gasteiger partial charge in [0.15, 0.2) is 5.78 Å². The van der Waals surface area contributed by atoms with Crippen LogP contribution in [-0.2, 0) is 0 Å². The van der Waals surface area contributed by atoms with E-state index in [1.165, 1.54) is 0 Å². The second kappa shape index (κ2) is 4.30. The van der Waals surface area contributed by atoms with Crippen LogP contribution in [0, 0.1) is 6.92 Å². The molecule has 0 fully saturated rings. The van der Waals surface area contributed by atoms with Gasteiger partial charge in [-0.2, -0.15) is 0 Å². The summed E-state index contributed by atoms with van der Waals surface area (Å²) in [6, 6.07) is 15.5. The van der Waals surface area contributed by atoms with Gasteiger partial charge < -0.3 is 4.74 Å². The fraction of sp³-hybridized carbons (Fsp3) is 0.188. The molecule has 1 aliphatic rings. The highest BCUT2D eigenvalue weighted by Gasteiger charge is 2.31. The molecule has 0 radical (unpaired) electrons. The van der Waals surface area contributed by atoms with E-state index in [9.17, 15) is 4.79 Å². The lowest BCUT2D eigenvalue weighted by molar-refractivity contribution is 0.0947. The van der Waals surface area contributed by atoms with E-state index in [1.54, 1.807) is 0 Å². The summed E-state index contributed by atoms with van der Waals surface area (Å²) in [5.74, 6) is 0.824. The van der Waals surface area contributed by atoms with Gasteiger partial charge in [0.2, 0.25) is 0 Å². The molecule has 2 aromatic rings. The molecule has 90 valence electrons. The molecule has 0 saturated heterocycles. The Morgan fingerprint density at radius 3 is 2.67 bits per heavy atom. The predicted molar refractivity (Wildman–Crippen MR) is 70.2 cm³/mol. The second-order valence-corrected chi connectivity index (χ2v) is 4.58. The molecule has 0 amide bonds. The van der Waals surface area contributed by atoms with Gasteiger partial charge in [-0.05, 0) is 18.6 Å². The average molecular weight is 238 g/mol. The van der Waals surface area contributed by atoms with Crippen LogP contribution in [0.15, 0.2) is 48.5 Å². The lowest BCUT2D eigenvalue weighted by Crippen LogP contribution is -2.15. The Balaban J connectivity index is 1.99. The Morgan fingerprint density at radius 2 is 1.83 bits per heavy atom. The molecule has 0 spiro atoms. The third-order valence-corrected chi connectivity index (χ3v) is 3.43. The van der Waals surface area contributed by atoms with Crippen molar-refractivity contribution < 1.29 is 9.53 Å². The van der Waals surface area contributed by atoms with Gasteiger partial charge in [-0.25, -0.2) is 0 Å². The first-order valence-corrected chi connectivity index (χ1v) is 6.09. The number of hydrogen-bond donors (Lipinski definition) is 0. The summed E-state index contributed by atoms with van der Waals surface area (Å²) >= 11 is 0. The zero-order valence-corrected chi connectivity index (χ0v) is 10.2. The van der Waals surface area contributed by atoms with Crippen molar-refractivity contribution in [3.63, 3.8) is 0 Å². The van der Waals surface area contributed by atoms with Crippen LogP contribution in [0.25, 0.3) is 0 Å². The molecule has 0 aliphatic carbocycles. The molecule has 0 bridgehead atoms. The minimum atomic E-state index is -0.165. The van der Waals surface area contributed by atoms with E-state index in [4.69, 9.17) is 4.74 Å². The van der Waals surface area contributed by atoms with Crippen molar-refractivity contribution in [3.8, 4) is 5.75 Å². The second-order valence-electron chi connectivity index (χ2n) is 4.58. The predicted octanol–water partition coefficient (Wildman–Crippen LogP) is 3.35. The lowest BCUT2D eigenvalue weighted by Gasteiger charge is -2.10. The van der Waals surface area contributed by atoms with Gasteiger partial charge in [-0.3, -0.25) is 4.79 Å². The van der Waals surface area contributed by atoms with Gasteiger partial charge in [-0.1, -0.05) is 42.5 Å². The quantitative estimate of drug-likeness (QED) is 0.750. The molecular formula is C16H14O2. The van der Waals surface area contributed by atoms with Crippen molar-refractivity contribution in [2.24, 2.45) is 0 Å². The fourth-order valence-electron chi connectivity index (χ4n) is 2.42. The SMILES string of the molecule is Cc1ccccc1C(=O)C1COc2ccccc21. The molecule has 1 aliphatic heterocycles. The highest BCUT2D eigenvalue weighted by molar-refractivity contribution is 6.02. The van der Waals surface area contributed by atoms with Crippen LogP contribution in [0.5, 0.6) is 5.75 Å². The third-order valence-electron chi connectivity index (χ3n) is 3.43. The van der Waals surface area contributed by atoms with Gasteiger partial charge >= 0.3 is 0 Å². The number of hydrogen-bond acceptors (Lipinski definition) is 2. The van der Waals surface area contributed by atoms with Crippen LogP contribution in [0.3, 0.4) is 0 Å². The molecule has 18 heavy (non-hydrogen) atoms. The summed E-state index contributed by atoms with van der Waals surface area (Å²) in [7, 11) is 0. The topological polar surface area (TPSA) is 26.3 Å². The molecule has 3 rings (SSSR count). The standard InChI is InChI=1S/C16H14O2/c1-11-6-2-3-7-12(11)16(17)14-10-18-15-9-5-4-8-13(14)15/h2-9,14H,10H2,1H3. The molecule has 1 unspecified atom stereocenters. The molecule has 0 saturated carbocycles. The van der Waals surface area contributed by atoms with Gasteiger partial charge in [-0.15, -0.1) is 0 Å². The van der Waals surface area contributed by atoms with Crippen molar-refractivity contribution in [2.45, 2.75) is 12.8 Å². The first-order valence-electron chi connectivity index (χ1n) is 6.09. The van der Waals surface area contributed by atoms with Gasteiger partial charge in [0, 0.05) is 11.1 Å². The number of rotatable bonds is 2. The summed E-state index contributed by atoms with van der Waals surface area (Å²) in [5, 5.41) is 0. The molecule has 1 heterocycles. The number of carbonyl (C=O) groups excluding carboxylic acids is 1. The maximum absolute atomic E-state index is 12.6. The minimum absolute atomic E-state index is 0.151. The molecule has 1 atom stereocenters. The van der Waals surface area contributed by atoms with Gasteiger partial charge in [0.1, 0.15) is 12.4 Å². The van der Waals surface area contributed by atoms with E-state index in [-0.39, 0.29) is 11.7 Å². The Hall–Kier alpha value is -2.09. The molecule has 0 aromatic heterocycles. The summed E-state index contributed by atoms with van der Waals surface area (Å²) in [5.41, 5.74) is 2.82. The van der Waals surface area contributed by atoms with Crippen LogP contribution in [0.2, 0.25) is 0 Å². The van der Waals surface area contributed by atoms with Crippen LogP contribution < -0.4 is 4.74 Å². The molecule has 0 N–H and O–H groups in total. The normalized spacial score (nSPS) is 17.1. The zero-order chi connectivity index (χ0) is 12.5. The van der Waals surface area contributed by atoms with Gasteiger partial charge in [0.25, 0.3) is 0 Å². The number of aryl methyl sites for hydroxylation is 1. The van der Waals surface area contributed by atoms with E-state index in [2.05, 4.69) is 0 Å². The largest absolute Gasteiger partial charge is 0.492 e. The lowest BCUT2D eigenvalue weighted by atomic mass is 9.90. The highest BCUT2D eigenvalue weighted by atomic mass is 16.5. The summed E-state index contributed by atoms with van der Waals surface area (Å²) in [6.07, 6.45) is 0. The Morgan fingerprint density at radius 1 is 1.11 bits per heavy atom. The van der Waals surface area contributed by atoms with Gasteiger partial charge in [0.05, 0.1) is 5.92 Å². The van der Waals surface area contributed by atoms with Crippen molar-refractivity contribution in [1.29, 1.82) is 0 Å². The third kappa shape index (κ3) is 1.70. The number of ether oxygens (including phenoxy) is 1. The van der Waals surface area contributed by atoms with E-state index in [1.807, 2.05) is 55.5 Å². The van der Waals surface area contributed by atoms with Crippen molar-refractivity contribution in [2.75, 3.05) is 6.61 Å². The minimum Gasteiger partial charge on any atom is -0.492 e. The summed E-state index contributed by atoms with van der Waals surface area (Å²) < 4.78 is 5.57. The van der Waals surface area contributed by atoms with E-state index in [0.717, 1.165) is 22.4 Å². The number of carbonyl (C=O) groups is 1. The molecule has 2 nitrogen and oxygen atoms in total. The fourth-order valence-corrected chi connectivity index (χ4v) is 2.42. The van der Waals surface area contributed by atoms with Crippen LogP contribution in [0.1, 0.15) is 27.4 Å². The average Bonchev–Trinajstić information content (AvgIpc) is 2.82. The Labute approximate surface area is 106 Å². The highest BCUT2D eigenvalue weighted by Crippen LogP contribution is 2.35. The smallest absolute Gasteiger partial charge is 0.174 e. The maximum Gasteiger partial charge on any atom is 0.174 e. The number of fused-ring (bicyclic) bond motifs is 1. The monoisotopic (exact) mass is 238 g/mol. The van der Waals surface area contributed by atoms with Crippen LogP contribution in [0.4, 0.5) is 0 Å². The number of ketones is 1. The van der Waals surface area contributed by atoms with Crippen LogP contribution in [-0.4, -0.2) is 12.4 Å². The zero-order valence-electron chi connectivity index (χ0n) is 10.2. The summed E-state index contributed by atoms with van der Waals surface area (Å²) in [6.45, 7) is 2.42. The van der Waals surface area contributed by atoms with E-state index >= 15 is 0 Å². The van der Waals surface area contributed by atoms with Crippen molar-refractivity contribution in [1.82, 2.24) is 0 Å². The summed E-state index contributed by atoms with van der Waals surface area (Å²) in [4.78, 5) is 12.6. The number of para-hydroxylation sites is 1. The number of benzene rings is 2. The first-order chi connectivity index (χ1) is 8.77. The Kier molecular flexibility index (Phi) is 2.63. The van der Waals surface area contributed by atoms with E-state index in [0.29, 0.717) is 6.61 Å². The maximum atomic E-state index is 12.6. The van der Waals surface area contributed by atoms with Crippen molar-refractivity contribution >= 4 is 5.78 Å². The van der Waals surface area contributed by atoms with Crippen LogP contribution >= 0.6 is 0 Å². The van der Waals surface area contributed by atoms with Crippen molar-refractivity contribution in [3.05, 3.63) is 65.2 Å². The molecule has 2 aromatic carbocycles. The van der Waals surface area contributed by atoms with E-state index < -0.39 is 0 Å². The molecule has 2 heteroatoms. The first kappa shape index (κ1) is 11.0.